The standard InChI is InChI=1S/C15H20Cl2N2O2/c1-2-18-4-3-5-19(7-6-18)15(21)14(20)11-8-12(16)10-13(17)9-11/h8-10,14,20H,2-7H2,1H3. The molecule has 1 aliphatic heterocycles. The number of aliphatic hydroxyl groups is 1. The molecule has 1 fully saturated rings. The van der Waals surface area contributed by atoms with Crippen LogP contribution in [0.3, 0.4) is 0 Å². The second-order valence-corrected chi connectivity index (χ2v) is 6.09. The highest BCUT2D eigenvalue weighted by atomic mass is 35.5. The number of benzene rings is 1. The van der Waals surface area contributed by atoms with E-state index in [0.29, 0.717) is 28.7 Å². The van der Waals surface area contributed by atoms with Crippen molar-refractivity contribution in [2.45, 2.75) is 19.4 Å². The third-order valence-electron chi connectivity index (χ3n) is 3.78. The molecule has 116 valence electrons. The second-order valence-electron chi connectivity index (χ2n) is 5.22. The van der Waals surface area contributed by atoms with Gasteiger partial charge in [0.2, 0.25) is 0 Å². The van der Waals surface area contributed by atoms with E-state index in [1.54, 1.807) is 23.1 Å². The number of aliphatic hydroxyl groups excluding tert-OH is 1. The Morgan fingerprint density at radius 3 is 2.48 bits per heavy atom. The van der Waals surface area contributed by atoms with Crippen LogP contribution < -0.4 is 0 Å². The molecule has 0 aromatic heterocycles. The first kappa shape index (κ1) is 16.6. The number of rotatable bonds is 3. The Bertz CT molecular complexity index is 490. The average molecular weight is 331 g/mol. The van der Waals surface area contributed by atoms with E-state index in [1.165, 1.54) is 0 Å². The van der Waals surface area contributed by atoms with E-state index in [2.05, 4.69) is 11.8 Å². The highest BCUT2D eigenvalue weighted by Gasteiger charge is 2.26. The zero-order valence-corrected chi connectivity index (χ0v) is 13.6. The van der Waals surface area contributed by atoms with Crippen LogP contribution in [-0.4, -0.2) is 53.5 Å². The van der Waals surface area contributed by atoms with Crippen molar-refractivity contribution in [1.29, 1.82) is 0 Å². The van der Waals surface area contributed by atoms with Crippen LogP contribution in [0, 0.1) is 0 Å². The lowest BCUT2D eigenvalue weighted by molar-refractivity contribution is -0.140. The Labute approximate surface area is 135 Å². The van der Waals surface area contributed by atoms with Crippen molar-refractivity contribution in [2.75, 3.05) is 32.7 Å². The molecule has 6 heteroatoms. The first-order valence-electron chi connectivity index (χ1n) is 7.16. The third kappa shape index (κ3) is 4.33. The summed E-state index contributed by atoms with van der Waals surface area (Å²) in [5, 5.41) is 11.1. The van der Waals surface area contributed by atoms with Crippen molar-refractivity contribution in [3.63, 3.8) is 0 Å². The molecular formula is C15H20Cl2N2O2. The molecule has 1 atom stereocenters. The van der Waals surface area contributed by atoms with Crippen LogP contribution in [-0.2, 0) is 4.79 Å². The molecule has 4 nitrogen and oxygen atoms in total. The molecule has 0 bridgehead atoms. The maximum Gasteiger partial charge on any atom is 0.256 e. The van der Waals surface area contributed by atoms with Gasteiger partial charge in [-0.2, -0.15) is 0 Å². The fourth-order valence-electron chi connectivity index (χ4n) is 2.56. The minimum absolute atomic E-state index is 0.286. The van der Waals surface area contributed by atoms with Crippen LogP contribution in [0.2, 0.25) is 10.0 Å². The van der Waals surface area contributed by atoms with E-state index in [1.807, 2.05) is 0 Å². The van der Waals surface area contributed by atoms with Gasteiger partial charge >= 0.3 is 0 Å². The summed E-state index contributed by atoms with van der Waals surface area (Å²) in [6.07, 6.45) is -0.294. The van der Waals surface area contributed by atoms with E-state index in [-0.39, 0.29) is 5.91 Å². The second kappa shape index (κ2) is 7.45. The summed E-state index contributed by atoms with van der Waals surface area (Å²) in [6, 6.07) is 4.73. The number of amides is 1. The number of halogens is 2. The van der Waals surface area contributed by atoms with Gasteiger partial charge in [0, 0.05) is 29.7 Å². The average Bonchev–Trinajstić information content (AvgIpc) is 2.70. The van der Waals surface area contributed by atoms with Crippen LogP contribution >= 0.6 is 23.2 Å². The summed E-state index contributed by atoms with van der Waals surface area (Å²) >= 11 is 11.8. The minimum atomic E-state index is -1.21. The molecule has 21 heavy (non-hydrogen) atoms. The number of hydrogen-bond donors (Lipinski definition) is 1. The maximum atomic E-state index is 12.4. The van der Waals surface area contributed by atoms with Crippen LogP contribution in [0.4, 0.5) is 0 Å². The number of hydrogen-bond acceptors (Lipinski definition) is 3. The lowest BCUT2D eigenvalue weighted by Crippen LogP contribution is -2.38. The molecule has 1 aliphatic rings. The number of carbonyl (C=O) groups excluding carboxylic acids is 1. The van der Waals surface area contributed by atoms with E-state index in [0.717, 1.165) is 26.1 Å². The van der Waals surface area contributed by atoms with Gasteiger partial charge < -0.3 is 14.9 Å². The van der Waals surface area contributed by atoms with E-state index >= 15 is 0 Å². The first-order valence-corrected chi connectivity index (χ1v) is 7.92. The number of nitrogens with zero attached hydrogens (tertiary/aromatic N) is 2. The summed E-state index contributed by atoms with van der Waals surface area (Å²) in [7, 11) is 0. The van der Waals surface area contributed by atoms with Crippen LogP contribution in [0.5, 0.6) is 0 Å². The van der Waals surface area contributed by atoms with Gasteiger partial charge in [-0.05, 0) is 43.3 Å². The first-order chi connectivity index (χ1) is 10.0. The van der Waals surface area contributed by atoms with Crippen LogP contribution in [0.1, 0.15) is 25.0 Å². The van der Waals surface area contributed by atoms with Crippen molar-refractivity contribution in [3.05, 3.63) is 33.8 Å². The van der Waals surface area contributed by atoms with Gasteiger partial charge in [-0.3, -0.25) is 4.79 Å². The van der Waals surface area contributed by atoms with Gasteiger partial charge in [0.1, 0.15) is 0 Å². The Balaban J connectivity index is 2.08. The molecule has 1 heterocycles. The van der Waals surface area contributed by atoms with Crippen molar-refractivity contribution in [1.82, 2.24) is 9.80 Å². The maximum absolute atomic E-state index is 12.4. The van der Waals surface area contributed by atoms with Gasteiger partial charge in [-0.25, -0.2) is 0 Å². The molecule has 0 radical (unpaired) electrons. The lowest BCUT2D eigenvalue weighted by Gasteiger charge is -2.24. The predicted octanol–water partition coefficient (Wildman–Crippen LogP) is 2.58. The Kier molecular flexibility index (Phi) is 5.88. The summed E-state index contributed by atoms with van der Waals surface area (Å²) in [6.45, 7) is 6.22. The van der Waals surface area contributed by atoms with Crippen molar-refractivity contribution < 1.29 is 9.90 Å². The molecule has 0 saturated carbocycles. The smallest absolute Gasteiger partial charge is 0.256 e. The predicted molar refractivity (Wildman–Crippen MR) is 84.7 cm³/mol. The molecule has 1 N–H and O–H groups in total. The summed E-state index contributed by atoms with van der Waals surface area (Å²) in [5.41, 5.74) is 0.439. The van der Waals surface area contributed by atoms with Crippen LogP contribution in [0.25, 0.3) is 0 Å². The summed E-state index contributed by atoms with van der Waals surface area (Å²) in [4.78, 5) is 16.5. The zero-order valence-electron chi connectivity index (χ0n) is 12.1. The molecule has 0 aliphatic carbocycles. The number of carbonyl (C=O) groups is 1. The number of likely N-dealkylation sites (N-methyl/N-ethyl adjacent to an activating group) is 1. The Hall–Kier alpha value is -0.810. The normalized spacial score (nSPS) is 18.4. The van der Waals surface area contributed by atoms with Gasteiger partial charge in [0.05, 0.1) is 0 Å². The quantitative estimate of drug-likeness (QED) is 0.926. The van der Waals surface area contributed by atoms with E-state index in [9.17, 15) is 9.90 Å². The monoisotopic (exact) mass is 330 g/mol. The van der Waals surface area contributed by atoms with Crippen molar-refractivity contribution >= 4 is 29.1 Å². The topological polar surface area (TPSA) is 43.8 Å². The molecule has 1 amide bonds. The van der Waals surface area contributed by atoms with Gasteiger partial charge in [0.25, 0.3) is 5.91 Å². The van der Waals surface area contributed by atoms with E-state index < -0.39 is 6.10 Å². The van der Waals surface area contributed by atoms with Crippen LogP contribution in [0.15, 0.2) is 18.2 Å². The van der Waals surface area contributed by atoms with E-state index in [4.69, 9.17) is 23.2 Å². The SMILES string of the molecule is CCN1CCCN(C(=O)C(O)c2cc(Cl)cc(Cl)c2)CC1. The zero-order chi connectivity index (χ0) is 15.4. The largest absolute Gasteiger partial charge is 0.378 e. The fourth-order valence-corrected chi connectivity index (χ4v) is 3.10. The minimum Gasteiger partial charge on any atom is -0.378 e. The Morgan fingerprint density at radius 1 is 1.19 bits per heavy atom. The van der Waals surface area contributed by atoms with Gasteiger partial charge in [-0.1, -0.05) is 30.1 Å². The molecule has 0 spiro atoms. The molecule has 2 rings (SSSR count). The summed E-state index contributed by atoms with van der Waals surface area (Å²) < 4.78 is 0. The third-order valence-corrected chi connectivity index (χ3v) is 4.22. The highest BCUT2D eigenvalue weighted by molar-refractivity contribution is 6.34. The highest BCUT2D eigenvalue weighted by Crippen LogP contribution is 2.25. The van der Waals surface area contributed by atoms with Crippen molar-refractivity contribution in [3.8, 4) is 0 Å². The lowest BCUT2D eigenvalue weighted by atomic mass is 10.1. The van der Waals surface area contributed by atoms with Gasteiger partial charge in [-0.15, -0.1) is 0 Å². The van der Waals surface area contributed by atoms with Crippen molar-refractivity contribution in [2.24, 2.45) is 0 Å². The fraction of sp³-hybridized carbons (Fsp3) is 0.533. The molecule has 1 saturated heterocycles. The van der Waals surface area contributed by atoms with Gasteiger partial charge in [0.15, 0.2) is 6.10 Å². The molecule has 1 unspecified atom stereocenters. The molecule has 1 aromatic carbocycles. The Morgan fingerprint density at radius 2 is 1.86 bits per heavy atom. The molecule has 1 aromatic rings. The molecular weight excluding hydrogens is 311 g/mol. The summed E-state index contributed by atoms with van der Waals surface area (Å²) in [5.74, 6) is -0.286.